The van der Waals surface area contributed by atoms with E-state index in [0.29, 0.717) is 5.56 Å². The zero-order valence-corrected chi connectivity index (χ0v) is 19.0. The number of rotatable bonds is 10. The number of halogens is 1. The number of ether oxygens (including phenoxy) is 2. The minimum Gasteiger partial charge on any atom is -0.481 e. The van der Waals surface area contributed by atoms with Gasteiger partial charge in [0.15, 0.2) is 12.4 Å². The molecule has 33 heavy (non-hydrogen) atoms. The van der Waals surface area contributed by atoms with Crippen LogP contribution in [0, 0.1) is 0 Å². The zero-order valence-electron chi connectivity index (χ0n) is 17.4. The molecule has 3 rings (SSSR count). The van der Waals surface area contributed by atoms with Crippen molar-refractivity contribution in [1.29, 1.82) is 0 Å². The Morgan fingerprint density at radius 1 is 1.06 bits per heavy atom. The van der Waals surface area contributed by atoms with E-state index in [1.54, 1.807) is 30.5 Å². The topological polar surface area (TPSA) is 135 Å². The predicted molar refractivity (Wildman–Crippen MR) is 121 cm³/mol. The maximum Gasteiger partial charge on any atom is 0.408 e. The standard InChI is InChI=1S/C23H21BrN2O7/c24-16-6-7-18-17(9-16)15(11-25-18)8-22(30)32-13-20(27)19(10-21(28)29)26-23(31)33-12-14-4-2-1-3-5-14/h1-7,9,11,19,25H,8,10,12-13H2,(H,26,31)(H,28,29). The molecule has 0 saturated carbocycles. The Hall–Kier alpha value is -3.66. The van der Waals surface area contributed by atoms with Crippen LogP contribution >= 0.6 is 15.9 Å². The van der Waals surface area contributed by atoms with E-state index in [4.69, 9.17) is 14.6 Å². The number of nitrogens with one attached hydrogen (secondary N) is 2. The third-order valence-corrected chi connectivity index (χ3v) is 5.21. The normalized spacial score (nSPS) is 11.5. The number of amides is 1. The van der Waals surface area contributed by atoms with Crippen molar-refractivity contribution in [2.24, 2.45) is 0 Å². The van der Waals surface area contributed by atoms with Crippen LogP contribution in [0.2, 0.25) is 0 Å². The Kier molecular flexibility index (Phi) is 8.20. The van der Waals surface area contributed by atoms with E-state index in [-0.39, 0.29) is 13.0 Å². The molecule has 1 aromatic heterocycles. The Morgan fingerprint density at radius 3 is 2.55 bits per heavy atom. The number of H-pyrrole nitrogens is 1. The van der Waals surface area contributed by atoms with Gasteiger partial charge in [-0.3, -0.25) is 14.4 Å². The lowest BCUT2D eigenvalue weighted by Crippen LogP contribution is -2.44. The number of fused-ring (bicyclic) bond motifs is 1. The van der Waals surface area contributed by atoms with Gasteiger partial charge in [0.1, 0.15) is 12.6 Å². The van der Waals surface area contributed by atoms with Gasteiger partial charge in [-0.05, 0) is 29.3 Å². The van der Waals surface area contributed by atoms with Crippen LogP contribution in [0.4, 0.5) is 4.79 Å². The van der Waals surface area contributed by atoms with Gasteiger partial charge in [0.05, 0.1) is 12.8 Å². The van der Waals surface area contributed by atoms with Crippen molar-refractivity contribution in [1.82, 2.24) is 10.3 Å². The van der Waals surface area contributed by atoms with Gasteiger partial charge in [0.2, 0.25) is 0 Å². The van der Waals surface area contributed by atoms with E-state index in [2.05, 4.69) is 26.2 Å². The smallest absolute Gasteiger partial charge is 0.408 e. The van der Waals surface area contributed by atoms with E-state index in [1.807, 2.05) is 24.3 Å². The summed E-state index contributed by atoms with van der Waals surface area (Å²) < 4.78 is 10.9. The van der Waals surface area contributed by atoms with Crippen LogP contribution in [0.3, 0.4) is 0 Å². The Morgan fingerprint density at radius 2 is 1.82 bits per heavy atom. The summed E-state index contributed by atoms with van der Waals surface area (Å²) >= 11 is 3.38. The number of hydrogen-bond acceptors (Lipinski definition) is 6. The number of carbonyl (C=O) groups is 4. The fourth-order valence-corrected chi connectivity index (χ4v) is 3.44. The molecule has 9 nitrogen and oxygen atoms in total. The minimum atomic E-state index is -1.40. The molecule has 10 heteroatoms. The quantitative estimate of drug-likeness (QED) is 0.351. The number of hydrogen-bond donors (Lipinski definition) is 3. The minimum absolute atomic E-state index is 0.0453. The molecule has 1 heterocycles. The number of aliphatic carboxylic acids is 1. The molecule has 1 amide bonds. The van der Waals surface area contributed by atoms with Gasteiger partial charge >= 0.3 is 18.0 Å². The zero-order chi connectivity index (χ0) is 23.8. The van der Waals surface area contributed by atoms with Crippen LogP contribution in [0.15, 0.2) is 59.2 Å². The van der Waals surface area contributed by atoms with E-state index < -0.39 is 42.9 Å². The Labute approximate surface area is 197 Å². The van der Waals surface area contributed by atoms with E-state index in [9.17, 15) is 19.2 Å². The summed E-state index contributed by atoms with van der Waals surface area (Å²) in [6.45, 7) is -0.724. The van der Waals surface area contributed by atoms with Crippen LogP contribution < -0.4 is 5.32 Å². The third kappa shape index (κ3) is 7.18. The summed E-state index contributed by atoms with van der Waals surface area (Å²) in [5.41, 5.74) is 2.26. The number of Topliss-reactive ketones (excluding diaryl/α,β-unsaturated/α-hetero) is 1. The van der Waals surface area contributed by atoms with E-state index >= 15 is 0 Å². The molecule has 1 atom stereocenters. The lowest BCUT2D eigenvalue weighted by molar-refractivity contribution is -0.148. The second-order valence-corrected chi connectivity index (χ2v) is 8.08. The van der Waals surface area contributed by atoms with E-state index in [0.717, 1.165) is 20.9 Å². The fourth-order valence-electron chi connectivity index (χ4n) is 3.08. The first kappa shape index (κ1) is 24.0. The molecule has 0 radical (unpaired) electrons. The molecule has 3 aromatic rings. The monoisotopic (exact) mass is 516 g/mol. The van der Waals surface area contributed by atoms with Crippen molar-refractivity contribution >= 4 is 50.6 Å². The van der Waals surface area contributed by atoms with E-state index in [1.165, 1.54) is 0 Å². The van der Waals surface area contributed by atoms with Crippen molar-refractivity contribution in [2.45, 2.75) is 25.5 Å². The number of benzene rings is 2. The van der Waals surface area contributed by atoms with Gasteiger partial charge in [-0.25, -0.2) is 4.79 Å². The average Bonchev–Trinajstić information content (AvgIpc) is 3.17. The molecule has 172 valence electrons. The number of esters is 1. The number of alkyl carbamates (subject to hydrolysis) is 1. The molecule has 3 N–H and O–H groups in total. The summed E-state index contributed by atoms with van der Waals surface area (Å²) in [4.78, 5) is 50.9. The Balaban J connectivity index is 1.53. The van der Waals surface area contributed by atoms with Crippen LogP contribution in [-0.4, -0.2) is 46.6 Å². The third-order valence-electron chi connectivity index (χ3n) is 4.71. The van der Waals surface area contributed by atoms with Crippen molar-refractivity contribution in [3.8, 4) is 0 Å². The first-order valence-corrected chi connectivity index (χ1v) is 10.7. The number of carboxylic acid groups (broad SMARTS) is 1. The summed E-state index contributed by atoms with van der Waals surface area (Å²) in [5, 5.41) is 12.1. The largest absolute Gasteiger partial charge is 0.481 e. The van der Waals surface area contributed by atoms with Crippen LogP contribution in [0.25, 0.3) is 10.9 Å². The molecule has 0 fully saturated rings. The van der Waals surface area contributed by atoms with Crippen molar-refractivity contribution in [2.75, 3.05) is 6.61 Å². The maximum absolute atomic E-state index is 12.4. The maximum atomic E-state index is 12.4. The number of aromatic nitrogens is 1. The molecule has 1 unspecified atom stereocenters. The van der Waals surface area contributed by atoms with Gasteiger partial charge in [-0.15, -0.1) is 0 Å². The summed E-state index contributed by atoms with van der Waals surface area (Å²) in [6, 6.07) is 13.0. The highest BCUT2D eigenvalue weighted by molar-refractivity contribution is 9.10. The van der Waals surface area contributed by atoms with Crippen molar-refractivity contribution < 1.29 is 33.8 Å². The predicted octanol–water partition coefficient (Wildman–Crippen LogP) is 3.35. The molecule has 0 saturated heterocycles. The van der Waals surface area contributed by atoms with Gasteiger partial charge < -0.3 is 24.9 Å². The molecular formula is C23H21BrN2O7. The second kappa shape index (κ2) is 11.3. The first-order valence-electron chi connectivity index (χ1n) is 9.94. The lowest BCUT2D eigenvalue weighted by atomic mass is 10.1. The number of carbonyl (C=O) groups excluding carboxylic acids is 3. The van der Waals surface area contributed by atoms with Crippen LogP contribution in [-0.2, 0) is 36.9 Å². The lowest BCUT2D eigenvalue weighted by Gasteiger charge is -2.16. The van der Waals surface area contributed by atoms with Crippen LogP contribution in [0.1, 0.15) is 17.5 Å². The molecule has 0 aliphatic carbocycles. The van der Waals surface area contributed by atoms with Gasteiger partial charge in [0.25, 0.3) is 0 Å². The number of carboxylic acids is 1. The highest BCUT2D eigenvalue weighted by Crippen LogP contribution is 2.23. The van der Waals surface area contributed by atoms with Gasteiger partial charge in [0, 0.05) is 21.6 Å². The Bertz CT molecular complexity index is 1160. The molecule has 0 bridgehead atoms. The number of ketones is 1. The highest BCUT2D eigenvalue weighted by Gasteiger charge is 2.25. The fraction of sp³-hybridized carbons (Fsp3) is 0.217. The molecule has 0 spiro atoms. The van der Waals surface area contributed by atoms with Crippen molar-refractivity contribution in [3.05, 3.63) is 70.3 Å². The second-order valence-electron chi connectivity index (χ2n) is 7.16. The molecular weight excluding hydrogens is 496 g/mol. The summed E-state index contributed by atoms with van der Waals surface area (Å²) in [7, 11) is 0. The molecule has 0 aliphatic heterocycles. The van der Waals surface area contributed by atoms with Crippen molar-refractivity contribution in [3.63, 3.8) is 0 Å². The summed E-state index contributed by atoms with van der Waals surface area (Å²) in [5.74, 6) is -2.72. The highest BCUT2D eigenvalue weighted by atomic mass is 79.9. The first-order chi connectivity index (χ1) is 15.8. The summed E-state index contributed by atoms with van der Waals surface area (Å²) in [6.07, 6.45) is -0.0283. The van der Waals surface area contributed by atoms with Crippen LogP contribution in [0.5, 0.6) is 0 Å². The van der Waals surface area contributed by atoms with Gasteiger partial charge in [-0.2, -0.15) is 0 Å². The SMILES string of the molecule is O=C(O)CC(NC(=O)OCc1ccccc1)C(=O)COC(=O)Cc1c[nH]c2ccc(Br)cc12. The average molecular weight is 517 g/mol. The number of aromatic amines is 1. The molecule has 2 aromatic carbocycles. The molecule has 0 aliphatic rings. The van der Waals surface area contributed by atoms with Gasteiger partial charge in [-0.1, -0.05) is 46.3 Å².